The quantitative estimate of drug-likeness (QED) is 0.339. The topological polar surface area (TPSA) is 66.5 Å². The van der Waals surface area contributed by atoms with E-state index in [4.69, 9.17) is 11.6 Å². The van der Waals surface area contributed by atoms with Crippen molar-refractivity contribution in [3.05, 3.63) is 81.6 Å². The molecule has 0 amide bonds. The molecule has 1 saturated heterocycles. The number of rotatable bonds is 4. The van der Waals surface area contributed by atoms with E-state index in [9.17, 15) is 14.3 Å². The molecule has 3 heterocycles. The van der Waals surface area contributed by atoms with E-state index in [0.717, 1.165) is 13.1 Å². The molecular weight excluding hydrogens is 536 g/mol. The van der Waals surface area contributed by atoms with Crippen LogP contribution < -0.4 is 10.6 Å². The van der Waals surface area contributed by atoms with Gasteiger partial charge in [-0.05, 0) is 57.5 Å². The lowest BCUT2D eigenvalue weighted by molar-refractivity contribution is 0.128. The van der Waals surface area contributed by atoms with Gasteiger partial charge in [0.1, 0.15) is 11.4 Å². The summed E-state index contributed by atoms with van der Waals surface area (Å²) in [6.45, 7) is 11.1. The summed E-state index contributed by atoms with van der Waals surface area (Å²) in [7, 11) is 1.64. The van der Waals surface area contributed by atoms with Crippen LogP contribution in [0, 0.1) is 18.6 Å². The molecule has 1 N–H and O–H groups in total. The van der Waals surface area contributed by atoms with E-state index >= 15 is 4.39 Å². The standard InChI is InChI=1S/C30H32ClF2N5O2/c1-18-14-21(19-6-7-25(23(31)15-19)38-13-8-35(5)29(38)40)28(39)27(34-18)22-16-20(17-24(32)26(22)33)36-9-11-37(12-10-36)30(2,3)4/h6-8,13-17,39H,9-12H2,1-5H3. The van der Waals surface area contributed by atoms with Crippen LogP contribution in [0.4, 0.5) is 14.5 Å². The summed E-state index contributed by atoms with van der Waals surface area (Å²) in [4.78, 5) is 21.2. The van der Waals surface area contributed by atoms with Crippen molar-refractivity contribution in [3.8, 4) is 33.8 Å². The number of aryl methyl sites for hydroxylation is 2. The molecule has 0 spiro atoms. The number of aromatic hydroxyl groups is 1. The lowest BCUT2D eigenvalue weighted by Gasteiger charge is -2.43. The second-order valence-corrected chi connectivity index (χ2v) is 11.6. The van der Waals surface area contributed by atoms with Crippen LogP contribution in [0.1, 0.15) is 26.5 Å². The third-order valence-electron chi connectivity index (χ3n) is 7.45. The maximum absolute atomic E-state index is 15.2. The van der Waals surface area contributed by atoms with Crippen molar-refractivity contribution < 1.29 is 13.9 Å². The van der Waals surface area contributed by atoms with Gasteiger partial charge in [-0.2, -0.15) is 0 Å². The molecule has 1 fully saturated rings. The van der Waals surface area contributed by atoms with Crippen molar-refractivity contribution in [1.82, 2.24) is 19.0 Å². The molecule has 5 rings (SSSR count). The summed E-state index contributed by atoms with van der Waals surface area (Å²) in [6, 6.07) is 9.41. The van der Waals surface area contributed by atoms with Crippen LogP contribution in [0.15, 0.2) is 53.6 Å². The zero-order valence-electron chi connectivity index (χ0n) is 23.2. The highest BCUT2D eigenvalue weighted by Crippen LogP contribution is 2.41. The van der Waals surface area contributed by atoms with Crippen molar-refractivity contribution in [1.29, 1.82) is 0 Å². The van der Waals surface area contributed by atoms with Crippen LogP contribution >= 0.6 is 11.6 Å². The molecule has 7 nitrogen and oxygen atoms in total. The molecule has 1 aliphatic heterocycles. The van der Waals surface area contributed by atoms with E-state index in [-0.39, 0.29) is 33.3 Å². The maximum atomic E-state index is 15.2. The molecule has 40 heavy (non-hydrogen) atoms. The summed E-state index contributed by atoms with van der Waals surface area (Å²) in [5, 5.41) is 11.6. The molecule has 0 radical (unpaired) electrons. The lowest BCUT2D eigenvalue weighted by atomic mass is 9.99. The molecule has 1 aliphatic rings. The van der Waals surface area contributed by atoms with E-state index in [1.165, 1.54) is 15.2 Å². The fourth-order valence-electron chi connectivity index (χ4n) is 5.16. The van der Waals surface area contributed by atoms with Gasteiger partial charge < -0.3 is 14.6 Å². The second-order valence-electron chi connectivity index (χ2n) is 11.2. The number of hydrogen-bond donors (Lipinski definition) is 1. The highest BCUT2D eigenvalue weighted by Gasteiger charge is 2.28. The number of aromatic nitrogens is 3. The average Bonchev–Trinajstić information content (AvgIpc) is 3.24. The van der Waals surface area contributed by atoms with Crippen LogP contribution in [0.25, 0.3) is 28.1 Å². The molecular formula is C30H32ClF2N5O2. The number of hydrogen-bond acceptors (Lipinski definition) is 5. The molecule has 210 valence electrons. The van der Waals surface area contributed by atoms with Gasteiger partial charge in [-0.15, -0.1) is 0 Å². The second kappa shape index (κ2) is 10.4. The smallest absolute Gasteiger partial charge is 0.332 e. The first-order valence-electron chi connectivity index (χ1n) is 13.1. The van der Waals surface area contributed by atoms with Gasteiger partial charge in [0, 0.05) is 79.7 Å². The molecule has 0 unspecified atom stereocenters. The Morgan fingerprint density at radius 2 is 1.68 bits per heavy atom. The largest absolute Gasteiger partial charge is 0.505 e. The minimum absolute atomic E-state index is 0.0249. The Labute approximate surface area is 236 Å². The molecule has 0 aliphatic carbocycles. The zero-order valence-corrected chi connectivity index (χ0v) is 23.9. The van der Waals surface area contributed by atoms with Crippen LogP contribution in [0.3, 0.4) is 0 Å². The van der Waals surface area contributed by atoms with Gasteiger partial charge in [-0.3, -0.25) is 9.47 Å². The van der Waals surface area contributed by atoms with E-state index in [1.807, 2.05) is 4.90 Å². The number of halogens is 3. The zero-order chi connectivity index (χ0) is 28.9. The third kappa shape index (κ3) is 5.11. The number of benzene rings is 2. The van der Waals surface area contributed by atoms with Crippen molar-refractivity contribution in [3.63, 3.8) is 0 Å². The molecule has 0 saturated carbocycles. The first kappa shape index (κ1) is 27.9. The number of piperazine rings is 1. The fraction of sp³-hybridized carbons (Fsp3) is 0.333. The van der Waals surface area contributed by atoms with Crippen LogP contribution in [0.5, 0.6) is 5.75 Å². The fourth-order valence-corrected chi connectivity index (χ4v) is 5.43. The van der Waals surface area contributed by atoms with Gasteiger partial charge in [0.05, 0.1) is 10.7 Å². The Kier molecular flexibility index (Phi) is 7.22. The Balaban J connectivity index is 1.54. The minimum Gasteiger partial charge on any atom is -0.505 e. The van der Waals surface area contributed by atoms with Gasteiger partial charge in [0.2, 0.25) is 0 Å². The Hall–Kier alpha value is -3.69. The normalized spacial score (nSPS) is 14.7. The van der Waals surface area contributed by atoms with Crippen LogP contribution in [0.2, 0.25) is 5.02 Å². The van der Waals surface area contributed by atoms with Gasteiger partial charge in [0.25, 0.3) is 0 Å². The first-order chi connectivity index (χ1) is 18.8. The summed E-state index contributed by atoms with van der Waals surface area (Å²) in [6.07, 6.45) is 3.24. The van der Waals surface area contributed by atoms with Gasteiger partial charge in [-0.25, -0.2) is 18.6 Å². The first-order valence-corrected chi connectivity index (χ1v) is 13.5. The van der Waals surface area contributed by atoms with E-state index < -0.39 is 11.6 Å². The SMILES string of the molecule is Cc1cc(-c2ccc(-n3ccn(C)c3=O)c(Cl)c2)c(O)c(-c2cc(N3CCN(C(C)(C)C)CC3)cc(F)c2F)n1. The molecule has 4 aromatic rings. The molecule has 2 aromatic carbocycles. The highest BCUT2D eigenvalue weighted by molar-refractivity contribution is 6.32. The Bertz CT molecular complexity index is 1650. The maximum Gasteiger partial charge on any atom is 0.332 e. The number of nitrogens with zero attached hydrogens (tertiary/aromatic N) is 5. The minimum atomic E-state index is -1.08. The number of pyridine rings is 1. The monoisotopic (exact) mass is 567 g/mol. The molecule has 0 atom stereocenters. The van der Waals surface area contributed by atoms with Gasteiger partial charge in [0.15, 0.2) is 11.6 Å². The lowest BCUT2D eigenvalue weighted by Crippen LogP contribution is -2.53. The predicted octanol–water partition coefficient (Wildman–Crippen LogP) is 5.77. The van der Waals surface area contributed by atoms with Crippen molar-refractivity contribution in [2.24, 2.45) is 7.05 Å². The van der Waals surface area contributed by atoms with Crippen molar-refractivity contribution in [2.75, 3.05) is 31.1 Å². The molecule has 2 aromatic heterocycles. The Morgan fingerprint density at radius 1 is 0.975 bits per heavy atom. The van der Waals surface area contributed by atoms with Gasteiger partial charge in [-0.1, -0.05) is 17.7 Å². The molecule has 10 heteroatoms. The summed E-state index contributed by atoms with van der Waals surface area (Å²) < 4.78 is 33.0. The third-order valence-corrected chi connectivity index (χ3v) is 7.75. The summed E-state index contributed by atoms with van der Waals surface area (Å²) in [5.74, 6) is -2.37. The van der Waals surface area contributed by atoms with Crippen molar-refractivity contribution >= 4 is 17.3 Å². The van der Waals surface area contributed by atoms with Crippen LogP contribution in [-0.2, 0) is 7.05 Å². The molecule has 0 bridgehead atoms. The summed E-state index contributed by atoms with van der Waals surface area (Å²) >= 11 is 6.55. The van der Waals surface area contributed by atoms with E-state index in [2.05, 4.69) is 30.7 Å². The highest BCUT2D eigenvalue weighted by atomic mass is 35.5. The average molecular weight is 568 g/mol. The van der Waals surface area contributed by atoms with Crippen molar-refractivity contribution in [2.45, 2.75) is 33.2 Å². The van der Waals surface area contributed by atoms with Crippen LogP contribution in [-0.4, -0.2) is 55.8 Å². The number of imidazole rings is 1. The van der Waals surface area contributed by atoms with E-state index in [0.29, 0.717) is 41.3 Å². The van der Waals surface area contributed by atoms with Gasteiger partial charge >= 0.3 is 5.69 Å². The number of anilines is 1. The predicted molar refractivity (Wildman–Crippen MR) is 155 cm³/mol. The van der Waals surface area contributed by atoms with E-state index in [1.54, 1.807) is 56.7 Å². The Morgan fingerprint density at radius 3 is 2.27 bits per heavy atom. The summed E-state index contributed by atoms with van der Waals surface area (Å²) in [5.41, 5.74) is 2.02.